The number of benzene rings is 1. The van der Waals surface area contributed by atoms with E-state index in [-0.39, 0.29) is 12.1 Å². The summed E-state index contributed by atoms with van der Waals surface area (Å²) in [6.07, 6.45) is 3.16. The third-order valence-corrected chi connectivity index (χ3v) is 3.83. The van der Waals surface area contributed by atoms with Crippen LogP contribution in [0.3, 0.4) is 0 Å². The lowest BCUT2D eigenvalue weighted by Crippen LogP contribution is -2.32. The van der Waals surface area contributed by atoms with Gasteiger partial charge in [-0.3, -0.25) is 0 Å². The van der Waals surface area contributed by atoms with E-state index in [1.54, 1.807) is 0 Å². The molecule has 3 heteroatoms. The van der Waals surface area contributed by atoms with E-state index in [2.05, 4.69) is 13.8 Å². The number of hydrogen-bond donors (Lipinski definition) is 1. The summed E-state index contributed by atoms with van der Waals surface area (Å²) in [6, 6.07) is 8.72. The number of carbonyl (C=O) groups is 1. The Morgan fingerprint density at radius 2 is 1.74 bits per heavy atom. The molecule has 3 nitrogen and oxygen atoms in total. The number of hydrogen-bond acceptors (Lipinski definition) is 3. The van der Waals surface area contributed by atoms with Crippen molar-refractivity contribution in [1.82, 2.24) is 0 Å². The number of carbonyl (C=O) groups excluding carboxylic acids is 1. The van der Waals surface area contributed by atoms with Crippen LogP contribution in [0.2, 0.25) is 0 Å². The van der Waals surface area contributed by atoms with Gasteiger partial charge >= 0.3 is 5.97 Å². The van der Waals surface area contributed by atoms with E-state index in [1.807, 2.05) is 30.3 Å². The highest BCUT2D eigenvalue weighted by Gasteiger charge is 2.28. The van der Waals surface area contributed by atoms with Crippen LogP contribution in [0.5, 0.6) is 0 Å². The highest BCUT2D eigenvalue weighted by Crippen LogP contribution is 2.31. The van der Waals surface area contributed by atoms with Crippen LogP contribution in [0.25, 0.3) is 0 Å². The van der Waals surface area contributed by atoms with Crippen molar-refractivity contribution >= 4 is 5.97 Å². The predicted octanol–water partition coefficient (Wildman–Crippen LogP) is 3.05. The molecule has 1 aromatic carbocycles. The first kappa shape index (κ1) is 14.1. The zero-order chi connectivity index (χ0) is 13.8. The topological polar surface area (TPSA) is 52.3 Å². The van der Waals surface area contributed by atoms with Gasteiger partial charge in [-0.1, -0.05) is 44.2 Å². The first-order chi connectivity index (χ1) is 9.06. The molecule has 19 heavy (non-hydrogen) atoms. The summed E-state index contributed by atoms with van der Waals surface area (Å²) < 4.78 is 5.58. The van der Waals surface area contributed by atoms with Crippen molar-refractivity contribution in [3.05, 3.63) is 35.9 Å². The maximum Gasteiger partial charge on any atom is 0.327 e. The summed E-state index contributed by atoms with van der Waals surface area (Å²) >= 11 is 0. The van der Waals surface area contributed by atoms with Crippen molar-refractivity contribution in [3.8, 4) is 0 Å². The molecule has 3 atom stereocenters. The Balaban J connectivity index is 1.93. The van der Waals surface area contributed by atoms with Crippen LogP contribution in [0.15, 0.2) is 30.3 Å². The van der Waals surface area contributed by atoms with Crippen LogP contribution in [0.4, 0.5) is 0 Å². The Morgan fingerprint density at radius 1 is 1.16 bits per heavy atom. The molecule has 104 valence electrons. The molecular weight excluding hydrogens is 238 g/mol. The fourth-order valence-corrected chi connectivity index (χ4v) is 3.00. The lowest BCUT2D eigenvalue weighted by molar-refractivity contribution is -0.153. The van der Waals surface area contributed by atoms with Crippen molar-refractivity contribution in [1.29, 1.82) is 0 Å². The third-order valence-electron chi connectivity index (χ3n) is 3.83. The minimum atomic E-state index is -0.672. The van der Waals surface area contributed by atoms with Gasteiger partial charge in [0.1, 0.15) is 12.1 Å². The molecule has 0 amide bonds. The van der Waals surface area contributed by atoms with Crippen molar-refractivity contribution in [2.45, 2.75) is 45.3 Å². The maximum atomic E-state index is 12.1. The summed E-state index contributed by atoms with van der Waals surface area (Å²) in [6.45, 7) is 4.43. The van der Waals surface area contributed by atoms with Gasteiger partial charge in [-0.15, -0.1) is 0 Å². The molecule has 2 unspecified atom stereocenters. The SMILES string of the molecule is CC1CC(C)CC(OC(=O)[C@@H](N)c2ccccc2)C1. The molecule has 1 aliphatic carbocycles. The first-order valence-corrected chi connectivity index (χ1v) is 7.07. The van der Waals surface area contributed by atoms with E-state index in [0.29, 0.717) is 11.8 Å². The second kappa shape index (κ2) is 6.20. The van der Waals surface area contributed by atoms with Gasteiger partial charge < -0.3 is 10.5 Å². The Hall–Kier alpha value is -1.35. The average molecular weight is 261 g/mol. The molecule has 0 heterocycles. The lowest BCUT2D eigenvalue weighted by atomic mass is 9.82. The second-order valence-corrected chi connectivity index (χ2v) is 5.86. The van der Waals surface area contributed by atoms with Crippen molar-refractivity contribution in [2.75, 3.05) is 0 Å². The van der Waals surface area contributed by atoms with Crippen molar-refractivity contribution in [2.24, 2.45) is 17.6 Å². The van der Waals surface area contributed by atoms with Gasteiger partial charge in [0.05, 0.1) is 0 Å². The molecule has 0 aliphatic heterocycles. The molecular formula is C16H23NO2. The molecule has 0 bridgehead atoms. The molecule has 1 saturated carbocycles. The van der Waals surface area contributed by atoms with E-state index >= 15 is 0 Å². The highest BCUT2D eigenvalue weighted by atomic mass is 16.5. The molecule has 1 aliphatic rings. The van der Waals surface area contributed by atoms with Crippen LogP contribution in [-0.4, -0.2) is 12.1 Å². The van der Waals surface area contributed by atoms with Crippen LogP contribution in [-0.2, 0) is 9.53 Å². The van der Waals surface area contributed by atoms with Gasteiger partial charge in [0, 0.05) is 0 Å². The molecule has 0 saturated heterocycles. The normalized spacial score (nSPS) is 28.7. The fraction of sp³-hybridized carbons (Fsp3) is 0.562. The Bertz CT molecular complexity index is 408. The van der Waals surface area contributed by atoms with Crippen molar-refractivity contribution in [3.63, 3.8) is 0 Å². The summed E-state index contributed by atoms with van der Waals surface area (Å²) in [5, 5.41) is 0. The van der Waals surface area contributed by atoms with Crippen LogP contribution >= 0.6 is 0 Å². The maximum absolute atomic E-state index is 12.1. The minimum Gasteiger partial charge on any atom is -0.461 e. The van der Waals surface area contributed by atoms with E-state index in [1.165, 1.54) is 6.42 Å². The Kier molecular flexibility index (Phi) is 4.59. The van der Waals surface area contributed by atoms with E-state index in [9.17, 15) is 4.79 Å². The number of ether oxygens (including phenoxy) is 1. The lowest BCUT2D eigenvalue weighted by Gasteiger charge is -2.31. The average Bonchev–Trinajstić information content (AvgIpc) is 2.37. The number of esters is 1. The van der Waals surface area contributed by atoms with Gasteiger partial charge in [0.2, 0.25) is 0 Å². The zero-order valence-electron chi connectivity index (χ0n) is 11.7. The molecule has 2 rings (SSSR count). The predicted molar refractivity (Wildman–Crippen MR) is 75.4 cm³/mol. The Morgan fingerprint density at radius 3 is 2.32 bits per heavy atom. The van der Waals surface area contributed by atoms with Gasteiger partial charge in [-0.05, 0) is 36.7 Å². The largest absolute Gasteiger partial charge is 0.461 e. The van der Waals surface area contributed by atoms with Gasteiger partial charge in [-0.25, -0.2) is 4.79 Å². The molecule has 0 spiro atoms. The van der Waals surface area contributed by atoms with Crippen molar-refractivity contribution < 1.29 is 9.53 Å². The fourth-order valence-electron chi connectivity index (χ4n) is 3.00. The number of rotatable bonds is 3. The quantitative estimate of drug-likeness (QED) is 0.851. The molecule has 1 fully saturated rings. The minimum absolute atomic E-state index is 0.0287. The molecule has 0 radical (unpaired) electrons. The smallest absolute Gasteiger partial charge is 0.327 e. The first-order valence-electron chi connectivity index (χ1n) is 7.07. The summed E-state index contributed by atoms with van der Waals surface area (Å²) in [4.78, 5) is 12.1. The second-order valence-electron chi connectivity index (χ2n) is 5.86. The van der Waals surface area contributed by atoms with E-state index in [0.717, 1.165) is 18.4 Å². The van der Waals surface area contributed by atoms with E-state index in [4.69, 9.17) is 10.5 Å². The summed E-state index contributed by atoms with van der Waals surface area (Å²) in [5.41, 5.74) is 6.76. The Labute approximate surface area is 115 Å². The third kappa shape index (κ3) is 3.80. The van der Waals surface area contributed by atoms with Gasteiger partial charge in [-0.2, -0.15) is 0 Å². The van der Waals surface area contributed by atoms with Crippen LogP contribution in [0, 0.1) is 11.8 Å². The monoisotopic (exact) mass is 261 g/mol. The van der Waals surface area contributed by atoms with Crippen LogP contribution in [0.1, 0.15) is 44.7 Å². The molecule has 0 aromatic heterocycles. The molecule has 1 aromatic rings. The zero-order valence-corrected chi connectivity index (χ0v) is 11.7. The van der Waals surface area contributed by atoms with Gasteiger partial charge in [0.25, 0.3) is 0 Å². The highest BCUT2D eigenvalue weighted by molar-refractivity contribution is 5.77. The van der Waals surface area contributed by atoms with Gasteiger partial charge in [0.15, 0.2) is 0 Å². The number of nitrogens with two attached hydrogens (primary N) is 1. The van der Waals surface area contributed by atoms with Crippen LogP contribution < -0.4 is 5.73 Å². The summed E-state index contributed by atoms with van der Waals surface area (Å²) in [5.74, 6) is 0.932. The molecule has 2 N–H and O–H groups in total. The van der Waals surface area contributed by atoms with E-state index < -0.39 is 6.04 Å². The summed E-state index contributed by atoms with van der Waals surface area (Å²) in [7, 11) is 0. The standard InChI is InChI=1S/C16H23NO2/c1-11-8-12(2)10-14(9-11)19-16(18)15(17)13-6-4-3-5-7-13/h3-7,11-12,14-15H,8-10,17H2,1-2H3/t11?,12?,14?,15-/m0/s1.